The Morgan fingerprint density at radius 2 is 1.83 bits per heavy atom. The quantitative estimate of drug-likeness (QED) is 0.381. The fraction of sp³-hybridized carbons (Fsp3) is 1.00. The average Bonchev–Trinajstić information content (AvgIpc) is 1.73. The van der Waals surface area contributed by atoms with E-state index in [1.807, 2.05) is 0 Å². The molecule has 1 aliphatic rings. The smallest absolute Gasteiger partial charge is 0.211 e. The van der Waals surface area contributed by atoms with E-state index in [-0.39, 0.29) is 5.88 Å². The van der Waals surface area contributed by atoms with E-state index in [2.05, 4.69) is 0 Å². The van der Waals surface area contributed by atoms with Crippen molar-refractivity contribution in [3.8, 4) is 0 Å². The standard InChI is InChI=1S/C2H5NO2S/c1-3-2-6(3,4)5/h2H2,1H3. The van der Waals surface area contributed by atoms with Crippen LogP contribution in [0.3, 0.4) is 0 Å². The topological polar surface area (TPSA) is 37.1 Å². The Morgan fingerprint density at radius 3 is 1.83 bits per heavy atom. The number of hydrogen-bond acceptors (Lipinski definition) is 2. The van der Waals surface area contributed by atoms with Crippen molar-refractivity contribution in [3.63, 3.8) is 0 Å². The molecule has 1 rings (SSSR count). The van der Waals surface area contributed by atoms with Gasteiger partial charge in [0.1, 0.15) is 5.88 Å². The minimum atomic E-state index is -2.66. The maximum atomic E-state index is 10.0. The van der Waals surface area contributed by atoms with Crippen LogP contribution in [0, 0.1) is 0 Å². The summed E-state index contributed by atoms with van der Waals surface area (Å²) in [5.74, 6) is 0.243. The van der Waals surface area contributed by atoms with Gasteiger partial charge >= 0.3 is 0 Å². The molecule has 0 amide bonds. The first-order valence-electron chi connectivity index (χ1n) is 1.57. The van der Waals surface area contributed by atoms with Crippen LogP contribution in [0.25, 0.3) is 0 Å². The fourth-order valence-electron chi connectivity index (χ4n) is 0.206. The van der Waals surface area contributed by atoms with E-state index in [1.165, 1.54) is 4.31 Å². The zero-order valence-electron chi connectivity index (χ0n) is 3.38. The summed E-state index contributed by atoms with van der Waals surface area (Å²) in [5.41, 5.74) is 0. The molecule has 1 heterocycles. The molecule has 4 heteroatoms. The van der Waals surface area contributed by atoms with E-state index in [1.54, 1.807) is 7.05 Å². The van der Waals surface area contributed by atoms with Crippen LogP contribution in [0.2, 0.25) is 0 Å². The molecule has 36 valence electrons. The lowest BCUT2D eigenvalue weighted by Crippen LogP contribution is -1.82. The molecule has 0 aromatic carbocycles. The third-order valence-corrected chi connectivity index (χ3v) is 2.24. The van der Waals surface area contributed by atoms with Crippen molar-refractivity contribution in [2.45, 2.75) is 0 Å². The Hall–Kier alpha value is -0.0900. The lowest BCUT2D eigenvalue weighted by molar-refractivity contribution is 0.594. The number of hydrogen-bond donors (Lipinski definition) is 0. The summed E-state index contributed by atoms with van der Waals surface area (Å²) in [7, 11) is -1.11. The highest BCUT2D eigenvalue weighted by molar-refractivity contribution is 7.95. The van der Waals surface area contributed by atoms with Gasteiger partial charge in [-0.3, -0.25) is 0 Å². The van der Waals surface area contributed by atoms with Crippen molar-refractivity contribution >= 4 is 10.0 Å². The predicted octanol–water partition coefficient (Wildman–Crippen LogP) is -0.781. The third-order valence-electron chi connectivity index (χ3n) is 0.747. The van der Waals surface area contributed by atoms with Gasteiger partial charge in [0.15, 0.2) is 0 Å². The molecule has 0 N–H and O–H groups in total. The largest absolute Gasteiger partial charge is 0.229 e. The second-order valence-corrected chi connectivity index (χ2v) is 3.38. The summed E-state index contributed by atoms with van der Waals surface area (Å²) in [5, 5.41) is 0. The Kier molecular flexibility index (Phi) is 0.520. The fourth-order valence-corrected chi connectivity index (χ4v) is 0.877. The maximum Gasteiger partial charge on any atom is 0.229 e. The number of sulfonamides is 1. The van der Waals surface area contributed by atoms with Crippen LogP contribution in [-0.4, -0.2) is 25.6 Å². The van der Waals surface area contributed by atoms with E-state index in [0.29, 0.717) is 0 Å². The highest BCUT2D eigenvalue weighted by atomic mass is 32.2. The molecule has 1 aliphatic heterocycles. The molecule has 1 unspecified atom stereocenters. The molecular formula is C2H5NO2S. The first-order chi connectivity index (χ1) is 2.63. The van der Waals surface area contributed by atoms with Gasteiger partial charge in [-0.2, -0.15) is 4.31 Å². The summed E-state index contributed by atoms with van der Waals surface area (Å²) >= 11 is 0. The van der Waals surface area contributed by atoms with Gasteiger partial charge in [0.2, 0.25) is 10.0 Å². The monoisotopic (exact) mass is 107 g/mol. The Balaban J connectivity index is 2.92. The molecule has 0 aliphatic carbocycles. The van der Waals surface area contributed by atoms with Gasteiger partial charge in [0, 0.05) is 7.05 Å². The third kappa shape index (κ3) is 0.417. The molecule has 6 heavy (non-hydrogen) atoms. The highest BCUT2D eigenvalue weighted by Crippen LogP contribution is 2.13. The van der Waals surface area contributed by atoms with E-state index < -0.39 is 10.0 Å². The molecular weight excluding hydrogens is 102 g/mol. The molecule has 0 spiro atoms. The second kappa shape index (κ2) is 0.764. The van der Waals surface area contributed by atoms with Gasteiger partial charge in [-0.05, 0) is 0 Å². The molecule has 1 fully saturated rings. The van der Waals surface area contributed by atoms with Crippen LogP contribution in [0.5, 0.6) is 0 Å². The van der Waals surface area contributed by atoms with Crippen molar-refractivity contribution in [3.05, 3.63) is 0 Å². The minimum Gasteiger partial charge on any atom is -0.211 e. The Bertz CT molecular complexity index is 147. The van der Waals surface area contributed by atoms with Gasteiger partial charge in [0.25, 0.3) is 0 Å². The maximum absolute atomic E-state index is 10.0. The lowest BCUT2D eigenvalue weighted by atomic mass is 11.3. The molecule has 3 nitrogen and oxygen atoms in total. The molecule has 0 radical (unpaired) electrons. The summed E-state index contributed by atoms with van der Waals surface area (Å²) in [4.78, 5) is 0. The summed E-state index contributed by atoms with van der Waals surface area (Å²) in [6.07, 6.45) is 0. The van der Waals surface area contributed by atoms with Gasteiger partial charge in [-0.1, -0.05) is 0 Å². The minimum absolute atomic E-state index is 0.243. The van der Waals surface area contributed by atoms with Crippen LogP contribution in [0.4, 0.5) is 0 Å². The van der Waals surface area contributed by atoms with Crippen molar-refractivity contribution in [2.75, 3.05) is 12.9 Å². The number of rotatable bonds is 0. The van der Waals surface area contributed by atoms with Crippen LogP contribution in [0.1, 0.15) is 0 Å². The summed E-state index contributed by atoms with van der Waals surface area (Å²) in [6, 6.07) is 0. The summed E-state index contributed by atoms with van der Waals surface area (Å²) < 4.78 is 21.3. The molecule has 0 bridgehead atoms. The first kappa shape index (κ1) is 4.08. The molecule has 0 aromatic heterocycles. The second-order valence-electron chi connectivity index (χ2n) is 1.34. The number of nitrogens with zero attached hydrogens (tertiary/aromatic N) is 1. The van der Waals surface area contributed by atoms with E-state index in [9.17, 15) is 8.42 Å². The zero-order valence-corrected chi connectivity index (χ0v) is 4.20. The van der Waals surface area contributed by atoms with E-state index in [4.69, 9.17) is 0 Å². The van der Waals surface area contributed by atoms with Gasteiger partial charge in [-0.25, -0.2) is 8.42 Å². The summed E-state index contributed by atoms with van der Waals surface area (Å²) in [6.45, 7) is 0. The SMILES string of the molecule is CN1CS1(=O)=O. The van der Waals surface area contributed by atoms with E-state index in [0.717, 1.165) is 0 Å². The van der Waals surface area contributed by atoms with Crippen LogP contribution >= 0.6 is 0 Å². The van der Waals surface area contributed by atoms with Crippen LogP contribution < -0.4 is 0 Å². The van der Waals surface area contributed by atoms with Crippen molar-refractivity contribution < 1.29 is 8.42 Å². The van der Waals surface area contributed by atoms with Crippen molar-refractivity contribution in [2.24, 2.45) is 0 Å². The normalized spacial score (nSPS) is 39.2. The van der Waals surface area contributed by atoms with Crippen molar-refractivity contribution in [1.29, 1.82) is 0 Å². The molecule has 0 saturated carbocycles. The van der Waals surface area contributed by atoms with Crippen LogP contribution in [0.15, 0.2) is 0 Å². The van der Waals surface area contributed by atoms with Crippen molar-refractivity contribution in [1.82, 2.24) is 4.31 Å². The highest BCUT2D eigenvalue weighted by Gasteiger charge is 2.35. The van der Waals surface area contributed by atoms with E-state index >= 15 is 0 Å². The zero-order chi connectivity index (χ0) is 4.78. The lowest BCUT2D eigenvalue weighted by Gasteiger charge is -1.66. The van der Waals surface area contributed by atoms with Gasteiger partial charge < -0.3 is 0 Å². The van der Waals surface area contributed by atoms with Crippen LogP contribution in [-0.2, 0) is 10.0 Å². The molecule has 1 atom stereocenters. The predicted molar refractivity (Wildman–Crippen MR) is 21.5 cm³/mol. The first-order valence-corrected chi connectivity index (χ1v) is 3.18. The molecule has 1 saturated heterocycles. The Labute approximate surface area is 36.6 Å². The average molecular weight is 107 g/mol. The molecule has 0 aromatic rings. The Morgan fingerprint density at radius 1 is 1.67 bits per heavy atom. The van der Waals surface area contributed by atoms with Gasteiger partial charge in [0.05, 0.1) is 0 Å². The van der Waals surface area contributed by atoms with Gasteiger partial charge in [-0.15, -0.1) is 0 Å².